The van der Waals surface area contributed by atoms with Crippen LogP contribution < -0.4 is 4.74 Å². The quantitative estimate of drug-likeness (QED) is 0.0885. The van der Waals surface area contributed by atoms with Gasteiger partial charge in [0.2, 0.25) is 5.88 Å². The Balaban J connectivity index is 1.48. The first kappa shape index (κ1) is 32.0. The summed E-state index contributed by atoms with van der Waals surface area (Å²) < 4.78 is 49.6. The predicted molar refractivity (Wildman–Crippen MR) is 167 cm³/mol. The van der Waals surface area contributed by atoms with Gasteiger partial charge < -0.3 is 14.2 Å². The molecule has 1 radical (unpaired) electrons. The molecule has 4 rings (SSSR count). The molecule has 0 N–H and O–H groups in total. The molecule has 0 aliphatic rings. The molecule has 227 valence electrons. The lowest BCUT2D eigenvalue weighted by Gasteiger charge is -2.15. The SMILES string of the molecule is C[Si](C)CCOCn1nccc1-c1ccc(Oc2ccc3c(COS(C)(=O)=O)nn(COCC[Si](C)(C)C)c3c2)nc1. The highest BCUT2D eigenvalue weighted by atomic mass is 32.2. The summed E-state index contributed by atoms with van der Waals surface area (Å²) in [6, 6.07) is 13.3. The van der Waals surface area contributed by atoms with Gasteiger partial charge in [-0.15, -0.1) is 0 Å². The lowest BCUT2D eigenvalue weighted by molar-refractivity contribution is 0.0801. The van der Waals surface area contributed by atoms with E-state index in [-0.39, 0.29) is 22.1 Å². The number of aromatic nitrogens is 5. The van der Waals surface area contributed by atoms with Crippen molar-refractivity contribution in [3.05, 3.63) is 54.5 Å². The van der Waals surface area contributed by atoms with E-state index in [1.165, 1.54) is 0 Å². The highest BCUT2D eigenvalue weighted by molar-refractivity contribution is 7.85. The van der Waals surface area contributed by atoms with Crippen LogP contribution in [-0.4, -0.2) is 69.3 Å². The summed E-state index contributed by atoms with van der Waals surface area (Å²) in [6.07, 6.45) is 4.52. The fourth-order valence-electron chi connectivity index (χ4n) is 4.00. The topological polar surface area (TPSA) is 120 Å². The zero-order chi connectivity index (χ0) is 30.3. The molecule has 0 aliphatic carbocycles. The van der Waals surface area contributed by atoms with Crippen molar-refractivity contribution in [1.29, 1.82) is 0 Å². The highest BCUT2D eigenvalue weighted by Gasteiger charge is 2.16. The molecule has 0 saturated carbocycles. The molecule has 0 unspecified atom stereocenters. The molecule has 42 heavy (non-hydrogen) atoms. The maximum Gasteiger partial charge on any atom is 0.264 e. The standard InChI is InChI=1S/C28H40N5O6SSi2/c1-40(34,35)38-19-25-24-9-8-23(17-27(24)33(31-25)21-37-14-16-42(4,5)6)39-28-10-7-22(18-29-28)26-11-12-30-32(26)20-36-13-15-41(2)3/h7-12,17-18H,13-16,19-21H2,1-6H3. The minimum atomic E-state index is -3.62. The molecule has 0 spiro atoms. The molecule has 11 nitrogen and oxygen atoms in total. The molecule has 0 amide bonds. The number of ether oxygens (including phenoxy) is 3. The van der Waals surface area contributed by atoms with E-state index in [1.807, 2.05) is 35.0 Å². The summed E-state index contributed by atoms with van der Waals surface area (Å²) in [7, 11) is -5.18. The summed E-state index contributed by atoms with van der Waals surface area (Å²) in [5, 5.41) is 9.73. The van der Waals surface area contributed by atoms with Crippen LogP contribution in [0.4, 0.5) is 0 Å². The van der Waals surface area contributed by atoms with Gasteiger partial charge in [0.25, 0.3) is 10.1 Å². The van der Waals surface area contributed by atoms with Gasteiger partial charge in [-0.1, -0.05) is 32.7 Å². The van der Waals surface area contributed by atoms with Crippen LogP contribution in [0.5, 0.6) is 11.6 Å². The molecule has 3 heterocycles. The van der Waals surface area contributed by atoms with Gasteiger partial charge in [-0.05, 0) is 36.4 Å². The van der Waals surface area contributed by atoms with Crippen molar-refractivity contribution in [1.82, 2.24) is 24.5 Å². The number of nitrogens with zero attached hydrogens (tertiary/aromatic N) is 5. The van der Waals surface area contributed by atoms with Crippen molar-refractivity contribution < 1.29 is 26.8 Å². The molecule has 0 saturated heterocycles. The van der Waals surface area contributed by atoms with Crippen LogP contribution in [0.1, 0.15) is 5.69 Å². The largest absolute Gasteiger partial charge is 0.439 e. The van der Waals surface area contributed by atoms with E-state index < -0.39 is 18.2 Å². The van der Waals surface area contributed by atoms with Crippen molar-refractivity contribution in [2.24, 2.45) is 0 Å². The molecule has 14 heteroatoms. The van der Waals surface area contributed by atoms with E-state index >= 15 is 0 Å². The molecule has 4 aromatic rings. The minimum Gasteiger partial charge on any atom is -0.439 e. The maximum absolute atomic E-state index is 11.6. The fraction of sp³-hybridized carbons (Fsp3) is 0.464. The maximum atomic E-state index is 11.6. The molecular formula is C28H40N5O6SSi2. The normalized spacial score (nSPS) is 12.5. The van der Waals surface area contributed by atoms with Crippen molar-refractivity contribution in [2.75, 3.05) is 19.5 Å². The van der Waals surface area contributed by atoms with Gasteiger partial charge in [0.15, 0.2) is 0 Å². The van der Waals surface area contributed by atoms with E-state index in [9.17, 15) is 8.42 Å². The highest BCUT2D eigenvalue weighted by Crippen LogP contribution is 2.29. The van der Waals surface area contributed by atoms with Crippen molar-refractivity contribution in [3.8, 4) is 22.9 Å². The molecule has 3 aromatic heterocycles. The zero-order valence-corrected chi connectivity index (χ0v) is 28.0. The van der Waals surface area contributed by atoms with Gasteiger partial charge in [0, 0.05) is 65.6 Å². The third-order valence-electron chi connectivity index (χ3n) is 6.35. The first-order valence-corrected chi connectivity index (χ1v) is 22.1. The number of benzene rings is 1. The molecule has 0 bridgehead atoms. The van der Waals surface area contributed by atoms with Crippen molar-refractivity contribution >= 4 is 37.9 Å². The third kappa shape index (κ3) is 9.57. The Morgan fingerprint density at radius 1 is 0.976 bits per heavy atom. The predicted octanol–water partition coefficient (Wildman–Crippen LogP) is 5.60. The number of rotatable bonds is 16. The van der Waals surface area contributed by atoms with Crippen LogP contribution in [0.2, 0.25) is 44.8 Å². The number of hydrogen-bond donors (Lipinski definition) is 0. The summed E-state index contributed by atoms with van der Waals surface area (Å²) >= 11 is 0. The lowest BCUT2D eigenvalue weighted by atomic mass is 10.2. The van der Waals surface area contributed by atoms with E-state index in [0.717, 1.165) is 47.1 Å². The summed E-state index contributed by atoms with van der Waals surface area (Å²) in [5.41, 5.74) is 3.06. The Labute approximate surface area is 250 Å². The van der Waals surface area contributed by atoms with Gasteiger partial charge in [0.05, 0.1) is 23.2 Å². The fourth-order valence-corrected chi connectivity index (χ4v) is 5.64. The number of hydrogen-bond acceptors (Lipinski definition) is 9. The average molecular weight is 631 g/mol. The Kier molecular flexibility index (Phi) is 10.7. The number of pyridine rings is 1. The second kappa shape index (κ2) is 14.1. The van der Waals surface area contributed by atoms with Gasteiger partial charge in [0.1, 0.15) is 25.8 Å². The zero-order valence-electron chi connectivity index (χ0n) is 25.2. The summed E-state index contributed by atoms with van der Waals surface area (Å²) in [5.74, 6) is 0.992. The van der Waals surface area contributed by atoms with Crippen LogP contribution >= 0.6 is 0 Å². The van der Waals surface area contributed by atoms with Gasteiger partial charge in [-0.25, -0.2) is 14.3 Å². The smallest absolute Gasteiger partial charge is 0.264 e. The van der Waals surface area contributed by atoms with Crippen LogP contribution in [-0.2, 0) is 43.8 Å². The van der Waals surface area contributed by atoms with Crippen LogP contribution in [0.15, 0.2) is 48.8 Å². The second-order valence-corrected chi connectivity index (χ2v) is 21.8. The molecule has 0 fully saturated rings. The van der Waals surface area contributed by atoms with Gasteiger partial charge in [-0.2, -0.15) is 18.6 Å². The van der Waals surface area contributed by atoms with E-state index in [0.29, 0.717) is 30.7 Å². The molecule has 0 aliphatic heterocycles. The Morgan fingerprint density at radius 2 is 1.74 bits per heavy atom. The van der Waals surface area contributed by atoms with E-state index in [1.54, 1.807) is 23.1 Å². The third-order valence-corrected chi connectivity index (χ3v) is 9.80. The summed E-state index contributed by atoms with van der Waals surface area (Å²) in [4.78, 5) is 4.51. The van der Waals surface area contributed by atoms with Crippen LogP contribution in [0, 0.1) is 0 Å². The molecule has 1 aromatic carbocycles. The van der Waals surface area contributed by atoms with Crippen LogP contribution in [0.25, 0.3) is 22.2 Å². The van der Waals surface area contributed by atoms with E-state index in [2.05, 4.69) is 47.9 Å². The Hall–Kier alpha value is -2.89. The molecule has 0 atom stereocenters. The van der Waals surface area contributed by atoms with E-state index in [4.69, 9.17) is 18.4 Å². The van der Waals surface area contributed by atoms with Crippen molar-refractivity contribution in [2.45, 2.75) is 64.9 Å². The average Bonchev–Trinajstić information content (AvgIpc) is 3.52. The monoisotopic (exact) mass is 630 g/mol. The number of fused-ring (bicyclic) bond motifs is 1. The van der Waals surface area contributed by atoms with Gasteiger partial charge >= 0.3 is 0 Å². The summed E-state index contributed by atoms with van der Waals surface area (Å²) in [6.45, 7) is 13.2. The Bertz CT molecular complexity index is 1570. The van der Waals surface area contributed by atoms with Gasteiger partial charge in [-0.3, -0.25) is 4.18 Å². The Morgan fingerprint density at radius 3 is 2.43 bits per heavy atom. The minimum absolute atomic E-state index is 0.166. The molecular weight excluding hydrogens is 591 g/mol. The second-order valence-electron chi connectivity index (χ2n) is 11.6. The first-order valence-electron chi connectivity index (χ1n) is 13.8. The lowest BCUT2D eigenvalue weighted by Crippen LogP contribution is -2.22. The van der Waals surface area contributed by atoms with Crippen LogP contribution in [0.3, 0.4) is 0 Å². The van der Waals surface area contributed by atoms with Crippen molar-refractivity contribution in [3.63, 3.8) is 0 Å². The first-order chi connectivity index (χ1) is 19.9.